The molecule has 1 aromatic heterocycles. The van der Waals surface area contributed by atoms with Crippen LogP contribution in [0.4, 0.5) is 14.5 Å². The van der Waals surface area contributed by atoms with E-state index in [4.69, 9.17) is 0 Å². The molecule has 0 bridgehead atoms. The number of amides is 2. The van der Waals surface area contributed by atoms with Crippen molar-refractivity contribution in [2.75, 3.05) is 25.0 Å². The zero-order valence-electron chi connectivity index (χ0n) is 19.3. The van der Waals surface area contributed by atoms with Gasteiger partial charge in [-0.1, -0.05) is 0 Å². The standard InChI is InChI=1S/C25H30F2N4O2/c1-15-4-5-19(12-28-15)24(32)29-22-11-21(26)10-20(17(22)3)14-30-8-9-31(16(2)13-30)25(33)23(27)18-6-7-18/h4-5,10-12,16,18,23H,6-9,13-14H2,1-3H3,(H,29,32)/t16-,23?/m0/s1. The van der Waals surface area contributed by atoms with E-state index in [1.54, 1.807) is 17.0 Å². The number of carbonyl (C=O) groups excluding carboxylic acids is 2. The second-order valence-electron chi connectivity index (χ2n) is 9.23. The van der Waals surface area contributed by atoms with Gasteiger partial charge in [0.05, 0.1) is 5.56 Å². The number of aryl methyl sites for hydroxylation is 1. The van der Waals surface area contributed by atoms with Crippen molar-refractivity contribution < 1.29 is 18.4 Å². The lowest BCUT2D eigenvalue weighted by Crippen LogP contribution is -2.55. The highest BCUT2D eigenvalue weighted by Crippen LogP contribution is 2.35. The molecular weight excluding hydrogens is 426 g/mol. The van der Waals surface area contributed by atoms with E-state index in [0.29, 0.717) is 37.4 Å². The summed E-state index contributed by atoms with van der Waals surface area (Å²) in [7, 11) is 0. The molecule has 6 nitrogen and oxygen atoms in total. The topological polar surface area (TPSA) is 65.5 Å². The molecular formula is C25H30F2N4O2. The van der Waals surface area contributed by atoms with Crippen LogP contribution < -0.4 is 5.32 Å². The third-order valence-corrected chi connectivity index (χ3v) is 6.56. The van der Waals surface area contributed by atoms with Crippen molar-refractivity contribution in [2.24, 2.45) is 5.92 Å². The summed E-state index contributed by atoms with van der Waals surface area (Å²) in [5.41, 5.74) is 3.18. The quantitative estimate of drug-likeness (QED) is 0.717. The van der Waals surface area contributed by atoms with Crippen molar-refractivity contribution in [1.82, 2.24) is 14.8 Å². The maximum atomic E-state index is 14.4. The minimum Gasteiger partial charge on any atom is -0.335 e. The van der Waals surface area contributed by atoms with Crippen LogP contribution >= 0.6 is 0 Å². The van der Waals surface area contributed by atoms with Crippen molar-refractivity contribution in [3.8, 4) is 0 Å². The third-order valence-electron chi connectivity index (χ3n) is 6.56. The van der Waals surface area contributed by atoms with Gasteiger partial charge in [0.15, 0.2) is 6.17 Å². The average molecular weight is 457 g/mol. The molecule has 4 rings (SSSR count). The highest BCUT2D eigenvalue weighted by atomic mass is 19.1. The first kappa shape index (κ1) is 23.3. The molecule has 2 amide bonds. The van der Waals surface area contributed by atoms with Crippen LogP contribution in [0.2, 0.25) is 0 Å². The molecule has 1 N–H and O–H groups in total. The number of nitrogens with zero attached hydrogens (tertiary/aromatic N) is 3. The first-order valence-corrected chi connectivity index (χ1v) is 11.4. The molecule has 8 heteroatoms. The number of aromatic nitrogens is 1. The molecule has 0 spiro atoms. The summed E-state index contributed by atoms with van der Waals surface area (Å²) >= 11 is 0. The number of hydrogen-bond acceptors (Lipinski definition) is 4. The number of rotatable bonds is 6. The van der Waals surface area contributed by atoms with Gasteiger partial charge in [0, 0.05) is 49.8 Å². The van der Waals surface area contributed by atoms with Gasteiger partial charge in [0.1, 0.15) is 5.82 Å². The largest absolute Gasteiger partial charge is 0.335 e. The summed E-state index contributed by atoms with van der Waals surface area (Å²) in [5.74, 6) is -1.29. The summed E-state index contributed by atoms with van der Waals surface area (Å²) in [6.07, 6.45) is 1.69. The molecule has 1 unspecified atom stereocenters. The maximum Gasteiger partial charge on any atom is 0.257 e. The second-order valence-corrected chi connectivity index (χ2v) is 9.23. The second kappa shape index (κ2) is 9.55. The highest BCUT2D eigenvalue weighted by Gasteiger charge is 2.40. The van der Waals surface area contributed by atoms with Gasteiger partial charge >= 0.3 is 0 Å². The summed E-state index contributed by atoms with van der Waals surface area (Å²) in [6.45, 7) is 7.70. The SMILES string of the molecule is Cc1ccc(C(=O)Nc2cc(F)cc(CN3CCN(C(=O)C(F)C4CC4)[C@@H](C)C3)c2C)cn1. The Labute approximate surface area is 193 Å². The Morgan fingerprint density at radius 3 is 2.61 bits per heavy atom. The van der Waals surface area contributed by atoms with E-state index in [9.17, 15) is 18.4 Å². The van der Waals surface area contributed by atoms with Crippen molar-refractivity contribution in [1.29, 1.82) is 0 Å². The van der Waals surface area contributed by atoms with Gasteiger partial charge in [-0.05, 0) is 74.9 Å². The van der Waals surface area contributed by atoms with E-state index in [1.807, 2.05) is 20.8 Å². The lowest BCUT2D eigenvalue weighted by atomic mass is 10.0. The third kappa shape index (κ3) is 5.38. The first-order valence-electron chi connectivity index (χ1n) is 11.4. The Kier molecular flexibility index (Phi) is 6.74. The maximum absolute atomic E-state index is 14.4. The molecule has 1 aromatic carbocycles. The summed E-state index contributed by atoms with van der Waals surface area (Å²) < 4.78 is 28.7. The lowest BCUT2D eigenvalue weighted by molar-refractivity contribution is -0.142. The molecule has 2 fully saturated rings. The van der Waals surface area contributed by atoms with Gasteiger partial charge in [-0.3, -0.25) is 19.5 Å². The van der Waals surface area contributed by atoms with Gasteiger partial charge < -0.3 is 10.2 Å². The molecule has 2 heterocycles. The van der Waals surface area contributed by atoms with E-state index in [2.05, 4.69) is 15.2 Å². The molecule has 1 saturated carbocycles. The first-order chi connectivity index (χ1) is 15.7. The molecule has 1 aliphatic carbocycles. The van der Waals surface area contributed by atoms with Crippen LogP contribution in [0.1, 0.15) is 46.9 Å². The lowest BCUT2D eigenvalue weighted by Gasteiger charge is -2.40. The summed E-state index contributed by atoms with van der Waals surface area (Å²) in [6, 6.07) is 6.10. The van der Waals surface area contributed by atoms with Crippen LogP contribution in [-0.4, -0.2) is 58.4 Å². The van der Waals surface area contributed by atoms with Crippen LogP contribution in [0.25, 0.3) is 0 Å². The fourth-order valence-electron chi connectivity index (χ4n) is 4.32. The number of carbonyl (C=O) groups is 2. The van der Waals surface area contributed by atoms with Crippen molar-refractivity contribution in [2.45, 2.75) is 52.4 Å². The Morgan fingerprint density at radius 1 is 1.21 bits per heavy atom. The fourth-order valence-corrected chi connectivity index (χ4v) is 4.32. The van der Waals surface area contributed by atoms with Crippen molar-refractivity contribution in [3.63, 3.8) is 0 Å². The van der Waals surface area contributed by atoms with Crippen LogP contribution in [0.5, 0.6) is 0 Å². The van der Waals surface area contributed by atoms with Gasteiger partial charge in [0.2, 0.25) is 0 Å². The van der Waals surface area contributed by atoms with Crippen LogP contribution in [0.3, 0.4) is 0 Å². The Bertz CT molecular complexity index is 1040. The van der Waals surface area contributed by atoms with Crippen molar-refractivity contribution >= 4 is 17.5 Å². The number of hydrogen-bond donors (Lipinski definition) is 1. The molecule has 1 saturated heterocycles. The number of halogens is 2. The predicted molar refractivity (Wildman–Crippen MR) is 122 cm³/mol. The number of nitrogens with one attached hydrogen (secondary N) is 1. The molecule has 176 valence electrons. The van der Waals surface area contributed by atoms with Crippen LogP contribution in [0.15, 0.2) is 30.5 Å². The van der Waals surface area contributed by atoms with Gasteiger partial charge in [-0.25, -0.2) is 8.78 Å². The van der Waals surface area contributed by atoms with Gasteiger partial charge in [-0.2, -0.15) is 0 Å². The Morgan fingerprint density at radius 2 is 1.97 bits per heavy atom. The molecule has 0 radical (unpaired) electrons. The van der Waals surface area contributed by atoms with E-state index >= 15 is 0 Å². The minimum absolute atomic E-state index is 0.109. The van der Waals surface area contributed by atoms with Crippen molar-refractivity contribution in [3.05, 3.63) is 58.7 Å². The minimum atomic E-state index is -1.39. The normalized spacial score (nSPS) is 19.9. The zero-order chi connectivity index (χ0) is 23.7. The highest BCUT2D eigenvalue weighted by molar-refractivity contribution is 6.04. The predicted octanol–water partition coefficient (Wildman–Crippen LogP) is 3.87. The molecule has 2 aromatic rings. The average Bonchev–Trinajstić information content (AvgIpc) is 3.62. The van der Waals surface area contributed by atoms with Crippen LogP contribution in [-0.2, 0) is 11.3 Å². The van der Waals surface area contributed by atoms with E-state index < -0.39 is 17.9 Å². The molecule has 2 aliphatic rings. The van der Waals surface area contributed by atoms with E-state index in [-0.39, 0.29) is 17.9 Å². The van der Waals surface area contributed by atoms with Crippen LogP contribution in [0, 0.1) is 25.6 Å². The number of piperazine rings is 1. The molecule has 2 atom stereocenters. The van der Waals surface area contributed by atoms with Gasteiger partial charge in [-0.15, -0.1) is 0 Å². The van der Waals surface area contributed by atoms with Gasteiger partial charge in [0.25, 0.3) is 11.8 Å². The number of benzene rings is 1. The molecule has 1 aliphatic heterocycles. The Balaban J connectivity index is 1.42. The molecule has 33 heavy (non-hydrogen) atoms. The zero-order valence-corrected chi connectivity index (χ0v) is 19.3. The summed E-state index contributed by atoms with van der Waals surface area (Å²) in [5, 5.41) is 2.79. The number of anilines is 1. The van der Waals surface area contributed by atoms with E-state index in [0.717, 1.165) is 29.7 Å². The fraction of sp³-hybridized carbons (Fsp3) is 0.480. The summed E-state index contributed by atoms with van der Waals surface area (Å²) in [4.78, 5) is 33.0. The van der Waals surface area contributed by atoms with E-state index in [1.165, 1.54) is 18.3 Å². The Hall–Kier alpha value is -2.87. The number of alkyl halides is 1. The number of pyridine rings is 1. The smallest absolute Gasteiger partial charge is 0.257 e. The monoisotopic (exact) mass is 456 g/mol.